The molecule has 0 unspecified atom stereocenters. The Kier molecular flexibility index (Phi) is 23.1. The van der Waals surface area contributed by atoms with Gasteiger partial charge in [-0.1, -0.05) is 84.5 Å². The number of carbonyl (C=O) groups excluding carboxylic acids is 1. The average molecular weight is 308 g/mol. The van der Waals surface area contributed by atoms with E-state index in [0.717, 1.165) is 12.8 Å². The summed E-state index contributed by atoms with van der Waals surface area (Å²) in [4.78, 5) is 11.5. The van der Waals surface area contributed by atoms with E-state index < -0.39 is 0 Å². The SMILES string of the molecule is CCCCCCCCCCCC(=O)OCCCCCC.[H-].[Na+]. The maximum atomic E-state index is 11.5. The molecule has 0 aromatic rings. The normalized spacial score (nSPS) is 10.2. The molecule has 0 aliphatic heterocycles. The molecule has 0 amide bonds. The van der Waals surface area contributed by atoms with Crippen LogP contribution in [-0.4, -0.2) is 12.6 Å². The standard InChI is InChI=1S/C18H36O2.Na.H/c1-3-5-7-9-10-11-12-13-14-16-18(19)20-17-15-8-6-4-2;;/h3-17H2,1-2H3;;/q;+1;-1. The Morgan fingerprint density at radius 1 is 0.714 bits per heavy atom. The van der Waals surface area contributed by atoms with Gasteiger partial charge in [-0.05, 0) is 12.8 Å². The van der Waals surface area contributed by atoms with Gasteiger partial charge in [-0.3, -0.25) is 4.79 Å². The van der Waals surface area contributed by atoms with Crippen LogP contribution in [-0.2, 0) is 9.53 Å². The second-order valence-corrected chi connectivity index (χ2v) is 5.86. The van der Waals surface area contributed by atoms with E-state index >= 15 is 0 Å². The second kappa shape index (κ2) is 20.5. The van der Waals surface area contributed by atoms with Gasteiger partial charge < -0.3 is 6.16 Å². The number of ether oxygens (including phenoxy) is 1. The van der Waals surface area contributed by atoms with E-state index in [9.17, 15) is 4.79 Å². The summed E-state index contributed by atoms with van der Waals surface area (Å²) in [6, 6.07) is 0. The molecule has 0 N–H and O–H groups in total. The first-order valence-electron chi connectivity index (χ1n) is 8.96. The number of carbonyl (C=O) groups is 1. The van der Waals surface area contributed by atoms with E-state index in [1.54, 1.807) is 0 Å². The Hall–Kier alpha value is 0.470. The van der Waals surface area contributed by atoms with E-state index in [-0.39, 0.29) is 37.0 Å². The van der Waals surface area contributed by atoms with Crippen LogP contribution in [0.2, 0.25) is 0 Å². The zero-order chi connectivity index (χ0) is 14.9. The monoisotopic (exact) mass is 308 g/mol. The maximum absolute atomic E-state index is 11.5. The molecule has 3 heteroatoms. The van der Waals surface area contributed by atoms with Crippen molar-refractivity contribution in [1.29, 1.82) is 0 Å². The number of rotatable bonds is 15. The Bertz CT molecular complexity index is 213. The van der Waals surface area contributed by atoms with Gasteiger partial charge in [0.25, 0.3) is 0 Å². The third kappa shape index (κ3) is 20.5. The molecule has 0 aromatic heterocycles. The van der Waals surface area contributed by atoms with Crippen molar-refractivity contribution in [2.45, 2.75) is 104 Å². The molecule has 0 aromatic carbocycles. The fourth-order valence-corrected chi connectivity index (χ4v) is 2.37. The minimum absolute atomic E-state index is 0. The van der Waals surface area contributed by atoms with E-state index in [2.05, 4.69) is 13.8 Å². The Balaban J connectivity index is -0.00000180. The molecule has 0 saturated carbocycles. The fourth-order valence-electron chi connectivity index (χ4n) is 2.37. The molecule has 2 nitrogen and oxygen atoms in total. The van der Waals surface area contributed by atoms with Crippen molar-refractivity contribution >= 4 is 5.97 Å². The van der Waals surface area contributed by atoms with Crippen molar-refractivity contribution in [2.24, 2.45) is 0 Å². The predicted octanol–water partition coefficient (Wildman–Crippen LogP) is 3.15. The number of esters is 1. The van der Waals surface area contributed by atoms with Crippen molar-refractivity contribution in [3.63, 3.8) is 0 Å². The largest absolute Gasteiger partial charge is 1.00 e. The Morgan fingerprint density at radius 3 is 1.67 bits per heavy atom. The van der Waals surface area contributed by atoms with Crippen molar-refractivity contribution in [3.05, 3.63) is 0 Å². The third-order valence-corrected chi connectivity index (χ3v) is 3.75. The quantitative estimate of drug-likeness (QED) is 0.264. The van der Waals surface area contributed by atoms with Crippen LogP contribution in [0.4, 0.5) is 0 Å². The molecule has 0 rings (SSSR count). The van der Waals surface area contributed by atoms with Crippen molar-refractivity contribution in [3.8, 4) is 0 Å². The summed E-state index contributed by atoms with van der Waals surface area (Å²) in [6.45, 7) is 5.06. The zero-order valence-corrected chi connectivity index (χ0v) is 16.9. The van der Waals surface area contributed by atoms with Crippen LogP contribution in [0, 0.1) is 0 Å². The van der Waals surface area contributed by atoms with Crippen molar-refractivity contribution in [1.82, 2.24) is 0 Å². The van der Waals surface area contributed by atoms with Gasteiger partial charge in [-0.15, -0.1) is 0 Å². The summed E-state index contributed by atoms with van der Waals surface area (Å²) >= 11 is 0. The van der Waals surface area contributed by atoms with Gasteiger partial charge in [0.1, 0.15) is 0 Å². The minimum Gasteiger partial charge on any atom is -1.00 e. The number of hydrogen-bond donors (Lipinski definition) is 0. The summed E-state index contributed by atoms with van der Waals surface area (Å²) in [6.07, 6.45) is 16.9. The summed E-state index contributed by atoms with van der Waals surface area (Å²) in [5, 5.41) is 0. The van der Waals surface area contributed by atoms with E-state index in [4.69, 9.17) is 4.74 Å². The van der Waals surface area contributed by atoms with Crippen LogP contribution in [0.25, 0.3) is 0 Å². The van der Waals surface area contributed by atoms with Gasteiger partial charge in [0.15, 0.2) is 0 Å². The predicted molar refractivity (Wildman–Crippen MR) is 88.1 cm³/mol. The minimum atomic E-state index is 0. The molecular formula is C18H37NaO2. The van der Waals surface area contributed by atoms with Crippen LogP contribution in [0.1, 0.15) is 105 Å². The second-order valence-electron chi connectivity index (χ2n) is 5.86. The Labute approximate surface area is 156 Å². The summed E-state index contributed by atoms with van der Waals surface area (Å²) in [5.41, 5.74) is 0. The smallest absolute Gasteiger partial charge is 1.00 e. The first-order valence-corrected chi connectivity index (χ1v) is 8.96. The fraction of sp³-hybridized carbons (Fsp3) is 0.944. The van der Waals surface area contributed by atoms with Gasteiger partial charge in [-0.2, -0.15) is 0 Å². The van der Waals surface area contributed by atoms with Crippen LogP contribution < -0.4 is 29.6 Å². The molecule has 0 aliphatic rings. The van der Waals surface area contributed by atoms with Crippen LogP contribution >= 0.6 is 0 Å². The Morgan fingerprint density at radius 2 is 1.14 bits per heavy atom. The van der Waals surface area contributed by atoms with Gasteiger partial charge in [0, 0.05) is 6.42 Å². The topological polar surface area (TPSA) is 26.3 Å². The van der Waals surface area contributed by atoms with Gasteiger partial charge in [-0.25, -0.2) is 0 Å². The molecule has 0 atom stereocenters. The molecule has 0 bridgehead atoms. The molecular weight excluding hydrogens is 271 g/mol. The molecule has 0 aliphatic carbocycles. The molecule has 0 radical (unpaired) electrons. The first-order chi connectivity index (χ1) is 9.81. The number of unbranched alkanes of at least 4 members (excludes halogenated alkanes) is 11. The summed E-state index contributed by atoms with van der Waals surface area (Å²) in [7, 11) is 0. The maximum Gasteiger partial charge on any atom is 1.00 e. The van der Waals surface area contributed by atoms with E-state index in [0.29, 0.717) is 13.0 Å². The van der Waals surface area contributed by atoms with E-state index in [1.807, 2.05) is 0 Å². The molecule has 0 heterocycles. The van der Waals surface area contributed by atoms with Gasteiger partial charge in [0.05, 0.1) is 6.61 Å². The van der Waals surface area contributed by atoms with Gasteiger partial charge in [0.2, 0.25) is 0 Å². The molecule has 0 spiro atoms. The average Bonchev–Trinajstić information content (AvgIpc) is 2.45. The van der Waals surface area contributed by atoms with E-state index in [1.165, 1.54) is 70.6 Å². The van der Waals surface area contributed by atoms with Crippen LogP contribution in [0.5, 0.6) is 0 Å². The summed E-state index contributed by atoms with van der Waals surface area (Å²) in [5.74, 6) is 0.00412. The zero-order valence-electron chi connectivity index (χ0n) is 15.9. The number of hydrogen-bond acceptors (Lipinski definition) is 2. The molecule has 0 fully saturated rings. The van der Waals surface area contributed by atoms with Crippen LogP contribution in [0.3, 0.4) is 0 Å². The van der Waals surface area contributed by atoms with Crippen molar-refractivity contribution < 1.29 is 40.5 Å². The van der Waals surface area contributed by atoms with Crippen LogP contribution in [0.15, 0.2) is 0 Å². The van der Waals surface area contributed by atoms with Gasteiger partial charge >= 0.3 is 35.5 Å². The molecule has 21 heavy (non-hydrogen) atoms. The first kappa shape index (κ1) is 23.7. The third-order valence-electron chi connectivity index (χ3n) is 3.75. The summed E-state index contributed by atoms with van der Waals surface area (Å²) < 4.78 is 5.22. The molecule has 122 valence electrons. The molecule has 0 saturated heterocycles. The van der Waals surface area contributed by atoms with Crippen molar-refractivity contribution in [2.75, 3.05) is 6.61 Å².